The second-order valence-corrected chi connectivity index (χ2v) is 8.48. The Morgan fingerprint density at radius 1 is 1.00 bits per heavy atom. The Balaban J connectivity index is 0.00000193. The molecular formula is C23H26ClN5O. The summed E-state index contributed by atoms with van der Waals surface area (Å²) in [5.74, 6) is 2.72. The molecule has 7 heteroatoms. The molecule has 0 saturated carbocycles. The van der Waals surface area contributed by atoms with Crippen molar-refractivity contribution in [1.29, 1.82) is 0 Å². The first-order valence-corrected chi connectivity index (χ1v) is 10.7. The van der Waals surface area contributed by atoms with Crippen LogP contribution in [-0.2, 0) is 25.9 Å². The summed E-state index contributed by atoms with van der Waals surface area (Å²) in [5.41, 5.74) is 3.63. The Kier molecular flexibility index (Phi) is 4.99. The number of carbonyl (C=O) groups is 1. The Hall–Kier alpha value is -2.44. The van der Waals surface area contributed by atoms with Gasteiger partial charge in [-0.05, 0) is 53.6 Å². The van der Waals surface area contributed by atoms with Crippen molar-refractivity contribution in [1.82, 2.24) is 25.0 Å². The van der Waals surface area contributed by atoms with E-state index in [1.807, 2.05) is 11.0 Å². The predicted molar refractivity (Wildman–Crippen MR) is 118 cm³/mol. The van der Waals surface area contributed by atoms with Gasteiger partial charge < -0.3 is 14.8 Å². The lowest BCUT2D eigenvalue weighted by Gasteiger charge is -2.32. The Morgan fingerprint density at radius 3 is 2.63 bits per heavy atom. The molecule has 0 unspecified atom stereocenters. The first kappa shape index (κ1) is 19.5. The van der Waals surface area contributed by atoms with Crippen molar-refractivity contribution >= 4 is 29.1 Å². The number of nitrogens with zero attached hydrogens (tertiary/aromatic N) is 4. The van der Waals surface area contributed by atoms with Crippen molar-refractivity contribution in [2.45, 2.75) is 44.7 Å². The predicted octanol–water partition coefficient (Wildman–Crippen LogP) is 3.07. The Morgan fingerprint density at radius 2 is 1.80 bits per heavy atom. The van der Waals surface area contributed by atoms with E-state index in [9.17, 15) is 4.79 Å². The number of piperidine rings is 1. The molecule has 6 nitrogen and oxygen atoms in total. The van der Waals surface area contributed by atoms with Crippen LogP contribution in [-0.4, -0.2) is 45.2 Å². The highest BCUT2D eigenvalue weighted by Crippen LogP contribution is 2.34. The van der Waals surface area contributed by atoms with E-state index in [0.717, 1.165) is 81.0 Å². The number of hydrogen-bond acceptors (Lipinski definition) is 4. The number of aryl methyl sites for hydroxylation is 2. The number of benzene rings is 2. The van der Waals surface area contributed by atoms with E-state index < -0.39 is 0 Å². The van der Waals surface area contributed by atoms with E-state index >= 15 is 0 Å². The third kappa shape index (κ3) is 3.01. The summed E-state index contributed by atoms with van der Waals surface area (Å²) in [7, 11) is 0. The van der Waals surface area contributed by atoms with Gasteiger partial charge in [0.1, 0.15) is 11.6 Å². The van der Waals surface area contributed by atoms with E-state index in [0.29, 0.717) is 5.92 Å². The molecule has 1 aliphatic carbocycles. The molecule has 0 spiro atoms. The number of nitrogens with one attached hydrogen (secondary N) is 1. The van der Waals surface area contributed by atoms with Crippen molar-refractivity contribution in [3.8, 4) is 0 Å². The van der Waals surface area contributed by atoms with Crippen LogP contribution in [0.3, 0.4) is 0 Å². The molecule has 156 valence electrons. The van der Waals surface area contributed by atoms with Gasteiger partial charge in [-0.1, -0.05) is 24.3 Å². The monoisotopic (exact) mass is 423 g/mol. The average Bonchev–Trinajstić information content (AvgIpc) is 3.39. The molecule has 1 amide bonds. The molecule has 2 aliphatic heterocycles. The van der Waals surface area contributed by atoms with Crippen LogP contribution in [0.25, 0.3) is 10.8 Å². The molecule has 1 aromatic heterocycles. The molecule has 0 atom stereocenters. The maximum absolute atomic E-state index is 13.4. The lowest BCUT2D eigenvalue weighted by atomic mass is 9.94. The summed E-state index contributed by atoms with van der Waals surface area (Å²) in [6, 6.07) is 10.6. The van der Waals surface area contributed by atoms with Crippen LogP contribution < -0.4 is 5.32 Å². The fourth-order valence-corrected chi connectivity index (χ4v) is 5.36. The summed E-state index contributed by atoms with van der Waals surface area (Å²) in [6.07, 6.45) is 4.10. The number of halogens is 1. The summed E-state index contributed by atoms with van der Waals surface area (Å²) in [5, 5.41) is 14.6. The largest absolute Gasteiger partial charge is 0.339 e. The topological polar surface area (TPSA) is 63.1 Å². The fourth-order valence-electron chi connectivity index (χ4n) is 5.36. The molecule has 1 N–H and O–H groups in total. The van der Waals surface area contributed by atoms with Crippen LogP contribution in [0.5, 0.6) is 0 Å². The van der Waals surface area contributed by atoms with Gasteiger partial charge in [-0.2, -0.15) is 0 Å². The quantitative estimate of drug-likeness (QED) is 0.688. The minimum Gasteiger partial charge on any atom is -0.339 e. The lowest BCUT2D eigenvalue weighted by molar-refractivity contribution is 0.0712. The molecule has 3 aliphatic rings. The molecule has 2 aromatic carbocycles. The molecule has 30 heavy (non-hydrogen) atoms. The highest BCUT2D eigenvalue weighted by Gasteiger charge is 2.30. The van der Waals surface area contributed by atoms with E-state index in [1.165, 1.54) is 16.5 Å². The summed E-state index contributed by atoms with van der Waals surface area (Å²) in [4.78, 5) is 15.4. The van der Waals surface area contributed by atoms with E-state index in [-0.39, 0.29) is 18.3 Å². The van der Waals surface area contributed by atoms with Crippen molar-refractivity contribution in [2.75, 3.05) is 19.6 Å². The van der Waals surface area contributed by atoms with Gasteiger partial charge in [0.05, 0.1) is 6.54 Å². The first-order chi connectivity index (χ1) is 14.3. The normalized spacial score (nSPS) is 18.3. The summed E-state index contributed by atoms with van der Waals surface area (Å²) >= 11 is 0. The summed E-state index contributed by atoms with van der Waals surface area (Å²) in [6.45, 7) is 4.28. The third-order valence-corrected chi connectivity index (χ3v) is 6.91. The zero-order valence-electron chi connectivity index (χ0n) is 16.9. The van der Waals surface area contributed by atoms with Crippen LogP contribution in [0, 0.1) is 0 Å². The van der Waals surface area contributed by atoms with E-state index in [4.69, 9.17) is 0 Å². The van der Waals surface area contributed by atoms with Crippen LogP contribution in [0.1, 0.15) is 51.9 Å². The van der Waals surface area contributed by atoms with Gasteiger partial charge >= 0.3 is 0 Å². The van der Waals surface area contributed by atoms with Crippen LogP contribution in [0.4, 0.5) is 0 Å². The zero-order valence-corrected chi connectivity index (χ0v) is 17.7. The molecule has 0 radical (unpaired) electrons. The standard InChI is InChI=1S/C23H25N5O.ClH/c29-23(19-7-6-16-5-4-15-2-1-3-18(19)21(15)16)27-11-8-17(9-12-27)22-26-25-20-14-24-10-13-28(20)22;/h1-3,6-7,17,24H,4-5,8-14H2;1H. The highest BCUT2D eigenvalue weighted by atomic mass is 35.5. The van der Waals surface area contributed by atoms with Crippen molar-refractivity contribution in [3.63, 3.8) is 0 Å². The van der Waals surface area contributed by atoms with Crippen LogP contribution in [0.15, 0.2) is 30.3 Å². The van der Waals surface area contributed by atoms with Gasteiger partial charge in [-0.15, -0.1) is 22.6 Å². The minimum atomic E-state index is 0. The van der Waals surface area contributed by atoms with Crippen molar-refractivity contribution < 1.29 is 4.79 Å². The number of aromatic nitrogens is 3. The van der Waals surface area contributed by atoms with E-state index in [1.54, 1.807) is 0 Å². The van der Waals surface area contributed by atoms with Crippen LogP contribution >= 0.6 is 12.4 Å². The average molecular weight is 424 g/mol. The van der Waals surface area contributed by atoms with Crippen LogP contribution in [0.2, 0.25) is 0 Å². The Labute approximate surface area is 182 Å². The van der Waals surface area contributed by atoms with Gasteiger partial charge in [0.25, 0.3) is 5.91 Å². The molecular weight excluding hydrogens is 398 g/mol. The van der Waals surface area contributed by atoms with Gasteiger partial charge in [-0.25, -0.2) is 0 Å². The SMILES string of the molecule is Cl.O=C(c1ccc2c3c(cccc13)CC2)N1CCC(c2nnc3n2CCNC3)CC1. The third-order valence-electron chi connectivity index (χ3n) is 6.91. The maximum atomic E-state index is 13.4. The number of hydrogen-bond donors (Lipinski definition) is 1. The first-order valence-electron chi connectivity index (χ1n) is 10.7. The molecule has 6 rings (SSSR count). The number of amides is 1. The number of carbonyl (C=O) groups excluding carboxylic acids is 1. The number of fused-ring (bicyclic) bond motifs is 1. The van der Waals surface area contributed by atoms with Crippen molar-refractivity contribution in [3.05, 3.63) is 58.7 Å². The van der Waals surface area contributed by atoms with Gasteiger partial charge in [0, 0.05) is 37.7 Å². The number of rotatable bonds is 2. The highest BCUT2D eigenvalue weighted by molar-refractivity contribution is 6.09. The Bertz CT molecular complexity index is 1110. The van der Waals surface area contributed by atoms with Gasteiger partial charge in [0.2, 0.25) is 0 Å². The second-order valence-electron chi connectivity index (χ2n) is 8.48. The van der Waals surface area contributed by atoms with Gasteiger partial charge in [0.15, 0.2) is 0 Å². The number of likely N-dealkylation sites (tertiary alicyclic amines) is 1. The molecule has 3 aromatic rings. The minimum absolute atomic E-state index is 0. The maximum Gasteiger partial charge on any atom is 0.254 e. The van der Waals surface area contributed by atoms with Gasteiger partial charge in [-0.3, -0.25) is 4.79 Å². The molecule has 3 heterocycles. The summed E-state index contributed by atoms with van der Waals surface area (Å²) < 4.78 is 2.28. The van der Waals surface area contributed by atoms with Crippen molar-refractivity contribution in [2.24, 2.45) is 0 Å². The zero-order chi connectivity index (χ0) is 19.4. The molecule has 0 bridgehead atoms. The fraction of sp³-hybridized carbons (Fsp3) is 0.435. The lowest BCUT2D eigenvalue weighted by Crippen LogP contribution is -2.39. The van der Waals surface area contributed by atoms with E-state index in [2.05, 4.69) is 44.3 Å². The smallest absolute Gasteiger partial charge is 0.254 e. The second kappa shape index (κ2) is 7.67. The molecule has 1 fully saturated rings. The molecule has 1 saturated heterocycles.